The first kappa shape index (κ1) is 64.2. The summed E-state index contributed by atoms with van der Waals surface area (Å²) in [5, 5.41) is 12.7. The molecular formula is C65H68BrN11O13S. The number of esters is 3. The minimum Gasteiger partial charge on any atom is -0.462 e. The highest BCUT2D eigenvalue weighted by molar-refractivity contribution is 9.10. The second-order valence-electron chi connectivity index (χ2n) is 21.4. The van der Waals surface area contributed by atoms with Crippen molar-refractivity contribution in [3.05, 3.63) is 183 Å². The van der Waals surface area contributed by atoms with Crippen molar-refractivity contribution in [2.45, 2.75) is 20.8 Å². The molecule has 91 heavy (non-hydrogen) atoms. The van der Waals surface area contributed by atoms with Crippen LogP contribution in [0.1, 0.15) is 83.2 Å². The number of aromatic amines is 1. The van der Waals surface area contributed by atoms with Crippen LogP contribution >= 0.6 is 27.3 Å². The molecule has 3 fully saturated rings. The number of ether oxygens (including phenoxy) is 3. The first-order valence-electron chi connectivity index (χ1n) is 29.7. The van der Waals surface area contributed by atoms with Crippen molar-refractivity contribution < 1.29 is 47.4 Å². The number of H-pyrrole nitrogens is 1. The third kappa shape index (κ3) is 13.1. The molecule has 0 spiro atoms. The minimum atomic E-state index is -0.636. The molecule has 3 aliphatic rings. The molecule has 0 unspecified atom stereocenters. The number of anilines is 3. The Bertz CT molecular complexity index is 4200. The molecule has 12 rings (SSSR count). The molecule has 0 aliphatic carbocycles. The molecule has 3 saturated heterocycles. The second-order valence-corrected chi connectivity index (χ2v) is 23.0. The molecule has 24 nitrogen and oxygen atoms in total. The van der Waals surface area contributed by atoms with Crippen LogP contribution in [-0.4, -0.2) is 173 Å². The second kappa shape index (κ2) is 28.3. The van der Waals surface area contributed by atoms with Gasteiger partial charge in [0.05, 0.1) is 59.0 Å². The summed E-state index contributed by atoms with van der Waals surface area (Å²) in [6.45, 7) is 11.5. The fourth-order valence-corrected chi connectivity index (χ4v) is 12.6. The number of aryl methyl sites for hydroxylation is 3. The van der Waals surface area contributed by atoms with Gasteiger partial charge >= 0.3 is 17.9 Å². The predicted octanol–water partition coefficient (Wildman–Crippen LogP) is 7.17. The van der Waals surface area contributed by atoms with Crippen LogP contribution in [0, 0.1) is 0 Å². The van der Waals surface area contributed by atoms with Crippen molar-refractivity contribution in [3.63, 3.8) is 0 Å². The summed E-state index contributed by atoms with van der Waals surface area (Å²) < 4.78 is 25.9. The number of furan rings is 1. The number of rotatable bonds is 12. The molecule has 9 heterocycles. The normalized spacial score (nSPS) is 14.2. The number of amides is 3. The number of halogens is 1. The predicted molar refractivity (Wildman–Crippen MR) is 349 cm³/mol. The molecule has 26 heteroatoms. The van der Waals surface area contributed by atoms with E-state index in [0.717, 1.165) is 32.7 Å². The molecule has 0 bridgehead atoms. The smallest absolute Gasteiger partial charge is 0.345 e. The van der Waals surface area contributed by atoms with E-state index in [4.69, 9.17) is 18.6 Å². The van der Waals surface area contributed by atoms with Crippen molar-refractivity contribution in [2.24, 2.45) is 21.1 Å². The van der Waals surface area contributed by atoms with E-state index in [1.54, 1.807) is 76.1 Å². The van der Waals surface area contributed by atoms with Crippen molar-refractivity contribution in [1.29, 1.82) is 0 Å². The number of nitrogens with zero attached hydrogens (tertiary/aromatic N) is 10. The molecule has 9 aromatic rings. The Balaban J connectivity index is 0.000000150. The summed E-state index contributed by atoms with van der Waals surface area (Å²) in [7, 11) is 4.96. The van der Waals surface area contributed by atoms with Gasteiger partial charge in [-0.1, -0.05) is 54.6 Å². The van der Waals surface area contributed by atoms with Gasteiger partial charge in [-0.3, -0.25) is 33.9 Å². The molecule has 0 saturated carbocycles. The van der Waals surface area contributed by atoms with E-state index in [9.17, 15) is 43.2 Å². The van der Waals surface area contributed by atoms with Crippen LogP contribution in [-0.2, 0) is 35.4 Å². The molecule has 1 N–H and O–H groups in total. The van der Waals surface area contributed by atoms with E-state index >= 15 is 0 Å². The number of benzene rings is 3. The third-order valence-corrected chi connectivity index (χ3v) is 17.3. The molecule has 0 atom stereocenters. The number of pyridine rings is 3. The molecule has 0 radical (unpaired) electrons. The Labute approximate surface area is 534 Å². The lowest BCUT2D eigenvalue weighted by atomic mass is 10.1. The molecular weight excluding hydrogens is 1250 g/mol. The number of carbonyl (C=O) groups is 6. The first-order valence-corrected chi connectivity index (χ1v) is 31.5. The zero-order valence-electron chi connectivity index (χ0n) is 51.1. The average Bonchev–Trinajstić information content (AvgIpc) is 1.04. The van der Waals surface area contributed by atoms with Gasteiger partial charge in [-0.2, -0.15) is 16.4 Å². The number of carbonyl (C=O) groups excluding carboxylic acids is 6. The van der Waals surface area contributed by atoms with Gasteiger partial charge in [-0.25, -0.2) is 14.4 Å². The number of piperazine rings is 3. The van der Waals surface area contributed by atoms with Gasteiger partial charge in [0.1, 0.15) is 22.4 Å². The fourth-order valence-electron chi connectivity index (χ4n) is 11.7. The molecule has 6 aromatic heterocycles. The summed E-state index contributed by atoms with van der Waals surface area (Å²) in [5.74, 6) is -1.91. The number of aromatic nitrogens is 5. The third-order valence-electron chi connectivity index (χ3n) is 16.2. The summed E-state index contributed by atoms with van der Waals surface area (Å²) in [6.07, 6.45) is 1.54. The van der Waals surface area contributed by atoms with Crippen molar-refractivity contribution >= 4 is 113 Å². The zero-order chi connectivity index (χ0) is 64.6. The van der Waals surface area contributed by atoms with Crippen molar-refractivity contribution in [1.82, 2.24) is 38.6 Å². The van der Waals surface area contributed by atoms with E-state index in [-0.39, 0.29) is 65.6 Å². The van der Waals surface area contributed by atoms with Crippen LogP contribution in [0.4, 0.5) is 17.1 Å². The highest BCUT2D eigenvalue weighted by atomic mass is 79.9. The van der Waals surface area contributed by atoms with E-state index < -0.39 is 29.0 Å². The summed E-state index contributed by atoms with van der Waals surface area (Å²) in [5.41, 5.74) is 4.02. The molecule has 3 aliphatic heterocycles. The van der Waals surface area contributed by atoms with E-state index in [1.165, 1.54) is 25.0 Å². The van der Waals surface area contributed by atoms with Gasteiger partial charge in [0.2, 0.25) is 0 Å². The van der Waals surface area contributed by atoms with Gasteiger partial charge in [0, 0.05) is 127 Å². The molecule has 3 amide bonds. The van der Waals surface area contributed by atoms with Gasteiger partial charge < -0.3 is 61.7 Å². The number of para-hydroxylation sites is 3. The fraction of sp³-hybridized carbons (Fsp3) is 0.323. The maximum absolute atomic E-state index is 13.1. The summed E-state index contributed by atoms with van der Waals surface area (Å²) in [4.78, 5) is 127. The zero-order valence-corrected chi connectivity index (χ0v) is 53.5. The van der Waals surface area contributed by atoms with E-state index in [1.807, 2.05) is 109 Å². The van der Waals surface area contributed by atoms with Crippen molar-refractivity contribution in [2.75, 3.05) is 113 Å². The lowest BCUT2D eigenvalue weighted by Gasteiger charge is -2.37. The van der Waals surface area contributed by atoms with Gasteiger partial charge in [0.15, 0.2) is 10.4 Å². The van der Waals surface area contributed by atoms with Crippen LogP contribution in [0.3, 0.4) is 0 Å². The lowest BCUT2D eigenvalue weighted by molar-refractivity contribution is 0.0514. The monoisotopic (exact) mass is 1320 g/mol. The highest BCUT2D eigenvalue weighted by Crippen LogP contribution is 2.34. The Morgan fingerprint density at radius 2 is 0.868 bits per heavy atom. The van der Waals surface area contributed by atoms with Crippen LogP contribution in [0.15, 0.2) is 137 Å². The molecule has 474 valence electrons. The molecule has 3 aromatic carbocycles. The number of fused-ring (bicyclic) bond motifs is 3. The van der Waals surface area contributed by atoms with Gasteiger partial charge in [-0.05, 0) is 84.5 Å². The summed E-state index contributed by atoms with van der Waals surface area (Å²) >= 11 is 4.71. The number of nitrogens with one attached hydrogen (secondary N) is 1. The van der Waals surface area contributed by atoms with Gasteiger partial charge in [0.25, 0.3) is 34.4 Å². The average molecular weight is 1320 g/mol. The number of hydrogen-bond donors (Lipinski definition) is 1. The van der Waals surface area contributed by atoms with Crippen LogP contribution < -0.4 is 31.4 Å². The summed E-state index contributed by atoms with van der Waals surface area (Å²) in [6, 6.07) is 29.3. The van der Waals surface area contributed by atoms with E-state index in [2.05, 4.69) is 26.1 Å². The maximum atomic E-state index is 13.1. The minimum absolute atomic E-state index is 0.00958. The lowest BCUT2D eigenvalue weighted by Crippen LogP contribution is -2.49. The maximum Gasteiger partial charge on any atom is 0.345 e. The van der Waals surface area contributed by atoms with Gasteiger partial charge in [-0.15, -0.1) is 0 Å². The largest absolute Gasteiger partial charge is 0.462 e. The van der Waals surface area contributed by atoms with Crippen LogP contribution in [0.2, 0.25) is 0 Å². The Morgan fingerprint density at radius 3 is 1.20 bits per heavy atom. The quantitative estimate of drug-likeness (QED) is 0.0939. The van der Waals surface area contributed by atoms with E-state index in [0.29, 0.717) is 112 Å². The Hall–Kier alpha value is -9.82. The van der Waals surface area contributed by atoms with Crippen molar-refractivity contribution in [3.8, 4) is 0 Å². The number of thiophene rings is 1. The standard InChI is InChI=1S/C22H22BrN3O5.C22H23N3O4S.C21H23N5O4/c1-3-30-22(29)18-19(14-6-4-5-7-15(14)24(2)21(18)28)25-10-12-26(13-11-25)20(27)16-8-9-17(23)31-16;1-3-29-22(28)18-19(16-6-4-5-7-17(16)23(2)21(18)27)24-9-11-25(12-10-24)20(26)15-8-13-30-14-15;1-3-30-21(29)17-18(14-6-4-5-7-16(14)24(2)20(17)28)25-10-12-26(13-11-25)19(27)15-8-9-22-23-15/h4-9H,3,10-13H2,1-2H3;4-8,13-14H,3,9-12H2,1-2H3;4-9H,3,10-13H2,1-2H3,(H,22,23). The number of hydrogen-bond acceptors (Lipinski definition) is 18. The Morgan fingerprint density at radius 1 is 0.495 bits per heavy atom. The first-order chi connectivity index (χ1) is 44.0. The Kier molecular flexibility index (Phi) is 20.0. The topological polar surface area (TPSA) is 257 Å². The van der Waals surface area contributed by atoms with Crippen LogP contribution in [0.25, 0.3) is 32.7 Å². The highest BCUT2D eigenvalue weighted by Gasteiger charge is 2.34. The van der Waals surface area contributed by atoms with Crippen LogP contribution in [0.5, 0.6) is 0 Å². The SMILES string of the molecule is CCOC(=O)c1c(N2CCN(C(=O)c3ccc(Br)o3)CC2)c2ccccc2n(C)c1=O.CCOC(=O)c1c(N2CCN(C(=O)c3ccn[nH]3)CC2)c2ccccc2n(C)c1=O.CCOC(=O)c1c(N2CCN(C(=O)c3ccsc3)CC2)c2ccccc2n(C)c1=O.